The van der Waals surface area contributed by atoms with E-state index in [9.17, 15) is 0 Å². The number of nitrogens with zero attached hydrogens (tertiary/aromatic N) is 2. The van der Waals surface area contributed by atoms with Crippen LogP contribution in [0.4, 0.5) is 0 Å². The van der Waals surface area contributed by atoms with Crippen LogP contribution in [0, 0.1) is 0 Å². The van der Waals surface area contributed by atoms with E-state index >= 15 is 0 Å². The lowest BCUT2D eigenvalue weighted by Crippen LogP contribution is -2.10. The van der Waals surface area contributed by atoms with Crippen LogP contribution in [-0.4, -0.2) is 15.0 Å². The zero-order valence-electron chi connectivity index (χ0n) is 10.5. The molecule has 0 aliphatic carbocycles. The average Bonchev–Trinajstić information content (AvgIpc) is 2.48. The second-order valence-corrected chi connectivity index (χ2v) is 4.60. The zero-order chi connectivity index (χ0) is 13.9. The standard InChI is InChI=1S/C15H11N3OS/c16-15(20)11-6-8-17-9-14(11)19-13-5-1-4-12-10(13)3-2-7-18-12/h1-9H,(H2,16,20). The summed E-state index contributed by atoms with van der Waals surface area (Å²) in [5.41, 5.74) is 7.22. The van der Waals surface area contributed by atoms with Crippen molar-refractivity contribution in [3.63, 3.8) is 0 Å². The maximum absolute atomic E-state index is 5.91. The number of hydrogen-bond acceptors (Lipinski definition) is 4. The minimum absolute atomic E-state index is 0.278. The zero-order valence-corrected chi connectivity index (χ0v) is 11.3. The van der Waals surface area contributed by atoms with E-state index in [-0.39, 0.29) is 4.99 Å². The summed E-state index contributed by atoms with van der Waals surface area (Å²) in [4.78, 5) is 8.62. The smallest absolute Gasteiger partial charge is 0.155 e. The SMILES string of the molecule is NC(=S)c1ccncc1Oc1cccc2ncccc12. The van der Waals surface area contributed by atoms with Gasteiger partial charge in [0.1, 0.15) is 10.7 Å². The molecule has 0 amide bonds. The quantitative estimate of drug-likeness (QED) is 0.748. The van der Waals surface area contributed by atoms with Crippen LogP contribution < -0.4 is 10.5 Å². The van der Waals surface area contributed by atoms with Crippen LogP contribution in [0.5, 0.6) is 11.5 Å². The summed E-state index contributed by atoms with van der Waals surface area (Å²) in [5, 5.41) is 0.924. The van der Waals surface area contributed by atoms with Crippen molar-refractivity contribution < 1.29 is 4.74 Å². The summed E-state index contributed by atoms with van der Waals surface area (Å²) in [6, 6.07) is 11.3. The van der Waals surface area contributed by atoms with Crippen LogP contribution >= 0.6 is 12.2 Å². The number of rotatable bonds is 3. The minimum Gasteiger partial charge on any atom is -0.454 e. The molecule has 20 heavy (non-hydrogen) atoms. The number of nitrogens with two attached hydrogens (primary N) is 1. The third kappa shape index (κ3) is 2.31. The number of hydrogen-bond donors (Lipinski definition) is 1. The van der Waals surface area contributed by atoms with E-state index in [2.05, 4.69) is 9.97 Å². The number of thiocarbonyl (C=S) groups is 1. The predicted molar refractivity (Wildman–Crippen MR) is 81.9 cm³/mol. The van der Waals surface area contributed by atoms with Crippen LogP contribution in [0.1, 0.15) is 5.56 Å². The highest BCUT2D eigenvalue weighted by molar-refractivity contribution is 7.80. The molecule has 2 aromatic heterocycles. The average molecular weight is 281 g/mol. The lowest BCUT2D eigenvalue weighted by Gasteiger charge is -2.11. The molecule has 0 aliphatic rings. The Morgan fingerprint density at radius 3 is 2.80 bits per heavy atom. The first-order valence-electron chi connectivity index (χ1n) is 6.01. The van der Waals surface area contributed by atoms with E-state index in [1.165, 1.54) is 0 Å². The van der Waals surface area contributed by atoms with Crippen molar-refractivity contribution in [3.8, 4) is 11.5 Å². The van der Waals surface area contributed by atoms with Crippen molar-refractivity contribution in [1.82, 2.24) is 9.97 Å². The molecule has 0 saturated carbocycles. The van der Waals surface area contributed by atoms with Gasteiger partial charge in [-0.15, -0.1) is 0 Å². The van der Waals surface area contributed by atoms with Crippen molar-refractivity contribution in [1.29, 1.82) is 0 Å². The molecule has 5 heteroatoms. The summed E-state index contributed by atoms with van der Waals surface area (Å²) in [6.45, 7) is 0. The van der Waals surface area contributed by atoms with Gasteiger partial charge in [0.2, 0.25) is 0 Å². The van der Waals surface area contributed by atoms with Gasteiger partial charge in [0.15, 0.2) is 5.75 Å². The number of fused-ring (bicyclic) bond motifs is 1. The summed E-state index contributed by atoms with van der Waals surface area (Å²) >= 11 is 5.02. The Hall–Kier alpha value is -2.53. The summed E-state index contributed by atoms with van der Waals surface area (Å²) in [6.07, 6.45) is 4.98. The second-order valence-electron chi connectivity index (χ2n) is 4.16. The highest BCUT2D eigenvalue weighted by atomic mass is 32.1. The molecule has 0 fully saturated rings. The van der Waals surface area contributed by atoms with Crippen molar-refractivity contribution >= 4 is 28.1 Å². The van der Waals surface area contributed by atoms with E-state index in [0.29, 0.717) is 17.1 Å². The monoisotopic (exact) mass is 281 g/mol. The lowest BCUT2D eigenvalue weighted by molar-refractivity contribution is 0.485. The Morgan fingerprint density at radius 1 is 1.05 bits per heavy atom. The molecule has 0 saturated heterocycles. The van der Waals surface area contributed by atoms with Gasteiger partial charge < -0.3 is 10.5 Å². The first kappa shape index (κ1) is 12.5. The number of benzene rings is 1. The van der Waals surface area contributed by atoms with Gasteiger partial charge in [0.05, 0.1) is 17.3 Å². The highest BCUT2D eigenvalue weighted by Crippen LogP contribution is 2.30. The fraction of sp³-hybridized carbons (Fsp3) is 0. The summed E-state index contributed by atoms with van der Waals surface area (Å²) < 4.78 is 5.91. The van der Waals surface area contributed by atoms with Crippen molar-refractivity contribution in [3.05, 3.63) is 60.6 Å². The Bertz CT molecular complexity index is 783. The van der Waals surface area contributed by atoms with Gasteiger partial charge in [0, 0.05) is 17.8 Å². The van der Waals surface area contributed by atoms with Gasteiger partial charge in [-0.3, -0.25) is 9.97 Å². The van der Waals surface area contributed by atoms with E-state index in [4.69, 9.17) is 22.7 Å². The van der Waals surface area contributed by atoms with E-state index < -0.39 is 0 Å². The molecular formula is C15H11N3OS. The van der Waals surface area contributed by atoms with E-state index in [1.807, 2.05) is 30.3 Å². The third-order valence-corrected chi connectivity index (χ3v) is 3.10. The molecule has 3 aromatic rings. The fourth-order valence-corrected chi connectivity index (χ4v) is 2.12. The summed E-state index contributed by atoms with van der Waals surface area (Å²) in [7, 11) is 0. The van der Waals surface area contributed by atoms with Gasteiger partial charge in [-0.25, -0.2) is 0 Å². The number of aromatic nitrogens is 2. The molecule has 4 nitrogen and oxygen atoms in total. The van der Waals surface area contributed by atoms with Gasteiger partial charge >= 0.3 is 0 Å². The van der Waals surface area contributed by atoms with Crippen molar-refractivity contribution in [2.45, 2.75) is 0 Å². The Balaban J connectivity index is 2.08. The highest BCUT2D eigenvalue weighted by Gasteiger charge is 2.09. The van der Waals surface area contributed by atoms with E-state index in [1.54, 1.807) is 24.7 Å². The first-order chi connectivity index (χ1) is 9.75. The minimum atomic E-state index is 0.278. The van der Waals surface area contributed by atoms with Crippen molar-refractivity contribution in [2.75, 3.05) is 0 Å². The third-order valence-electron chi connectivity index (χ3n) is 2.88. The molecule has 0 atom stereocenters. The molecular weight excluding hydrogens is 270 g/mol. The van der Waals surface area contributed by atoms with E-state index in [0.717, 1.165) is 10.9 Å². The lowest BCUT2D eigenvalue weighted by atomic mass is 10.2. The van der Waals surface area contributed by atoms with Gasteiger partial charge in [-0.1, -0.05) is 18.3 Å². The molecule has 98 valence electrons. The number of pyridine rings is 2. The largest absolute Gasteiger partial charge is 0.454 e. The second kappa shape index (κ2) is 5.22. The van der Waals surface area contributed by atoms with Crippen molar-refractivity contribution in [2.24, 2.45) is 5.73 Å². The van der Waals surface area contributed by atoms with Gasteiger partial charge in [0.25, 0.3) is 0 Å². The maximum Gasteiger partial charge on any atom is 0.155 e. The van der Waals surface area contributed by atoms with Crippen LogP contribution in [0.3, 0.4) is 0 Å². The Labute approximate surface area is 121 Å². The molecule has 3 rings (SSSR count). The Kier molecular flexibility index (Phi) is 3.26. The molecule has 2 N–H and O–H groups in total. The van der Waals surface area contributed by atoms with Crippen LogP contribution in [0.25, 0.3) is 10.9 Å². The molecule has 0 aliphatic heterocycles. The summed E-state index contributed by atoms with van der Waals surface area (Å²) in [5.74, 6) is 1.23. The maximum atomic E-state index is 5.91. The predicted octanol–water partition coefficient (Wildman–Crippen LogP) is 3.06. The molecule has 0 bridgehead atoms. The molecule has 1 aromatic carbocycles. The first-order valence-corrected chi connectivity index (χ1v) is 6.42. The van der Waals surface area contributed by atoms with Gasteiger partial charge in [-0.05, 0) is 30.3 Å². The molecule has 0 radical (unpaired) electrons. The molecule has 0 spiro atoms. The molecule has 0 unspecified atom stereocenters. The van der Waals surface area contributed by atoms with Gasteiger partial charge in [-0.2, -0.15) is 0 Å². The topological polar surface area (TPSA) is 61.0 Å². The van der Waals surface area contributed by atoms with Crippen LogP contribution in [0.15, 0.2) is 55.0 Å². The molecule has 2 heterocycles. The van der Waals surface area contributed by atoms with Crippen LogP contribution in [-0.2, 0) is 0 Å². The normalized spacial score (nSPS) is 10.4. The fourth-order valence-electron chi connectivity index (χ4n) is 1.95. The van der Waals surface area contributed by atoms with Crippen LogP contribution in [0.2, 0.25) is 0 Å². The number of ether oxygens (including phenoxy) is 1. The Morgan fingerprint density at radius 2 is 1.95 bits per heavy atom.